The first kappa shape index (κ1) is 15.2. The number of amides is 1. The molecule has 2 aromatic heterocycles. The molecule has 23 heavy (non-hydrogen) atoms. The number of carbonyl (C=O) groups excluding carboxylic acids is 1. The van der Waals surface area contributed by atoms with Gasteiger partial charge in [0.2, 0.25) is 0 Å². The summed E-state index contributed by atoms with van der Waals surface area (Å²) in [5, 5.41) is 9.85. The Morgan fingerprint density at radius 2 is 2.09 bits per heavy atom. The van der Waals surface area contributed by atoms with Crippen molar-refractivity contribution in [3.05, 3.63) is 58.2 Å². The van der Waals surface area contributed by atoms with Crippen LogP contribution in [0.1, 0.15) is 21.1 Å². The van der Waals surface area contributed by atoms with Gasteiger partial charge >= 0.3 is 0 Å². The second-order valence-electron chi connectivity index (χ2n) is 5.00. The molecule has 0 aliphatic carbocycles. The Balaban J connectivity index is 1.58. The van der Waals surface area contributed by atoms with Crippen LogP contribution in [0.15, 0.2) is 41.9 Å². The number of anilines is 1. The number of benzene rings is 1. The van der Waals surface area contributed by atoms with Gasteiger partial charge in [-0.3, -0.25) is 9.48 Å². The van der Waals surface area contributed by atoms with Crippen molar-refractivity contribution in [2.24, 2.45) is 7.05 Å². The minimum absolute atomic E-state index is 0.203. The summed E-state index contributed by atoms with van der Waals surface area (Å²) in [7, 11) is 1.80. The first-order valence-electron chi connectivity index (χ1n) is 7.05. The summed E-state index contributed by atoms with van der Waals surface area (Å²) in [6.07, 6.45) is 1.77. The van der Waals surface area contributed by atoms with Crippen LogP contribution in [0.25, 0.3) is 0 Å². The van der Waals surface area contributed by atoms with Crippen LogP contribution < -0.4 is 10.1 Å². The Morgan fingerprint density at radius 1 is 1.30 bits per heavy atom. The third-order valence-electron chi connectivity index (χ3n) is 3.13. The van der Waals surface area contributed by atoms with Crippen LogP contribution >= 0.6 is 11.3 Å². The van der Waals surface area contributed by atoms with Crippen LogP contribution in [0.4, 0.5) is 5.82 Å². The van der Waals surface area contributed by atoms with Gasteiger partial charge in [-0.25, -0.2) is 4.98 Å². The summed E-state index contributed by atoms with van der Waals surface area (Å²) in [4.78, 5) is 16.4. The Hall–Kier alpha value is -2.67. The maximum Gasteiger partial charge on any atom is 0.256 e. The van der Waals surface area contributed by atoms with E-state index in [1.165, 1.54) is 0 Å². The monoisotopic (exact) mass is 328 g/mol. The standard InChI is InChI=1S/C16H16N4O2S/c1-11-17-13(10-23-11)9-22-14-5-3-12(4-6-14)16(21)18-15-7-8-20(2)19-15/h3-8,10H,9H2,1-2H3,(H,18,19,21). The summed E-state index contributed by atoms with van der Waals surface area (Å²) >= 11 is 1.60. The van der Waals surface area contributed by atoms with E-state index in [1.807, 2.05) is 12.3 Å². The van der Waals surface area contributed by atoms with Crippen molar-refractivity contribution in [3.8, 4) is 5.75 Å². The lowest BCUT2D eigenvalue weighted by Gasteiger charge is -2.06. The van der Waals surface area contributed by atoms with Gasteiger partial charge in [0.1, 0.15) is 12.4 Å². The zero-order valence-electron chi connectivity index (χ0n) is 12.8. The highest BCUT2D eigenvalue weighted by molar-refractivity contribution is 7.09. The van der Waals surface area contributed by atoms with Gasteiger partial charge < -0.3 is 10.1 Å². The van der Waals surface area contributed by atoms with E-state index in [4.69, 9.17) is 4.74 Å². The van der Waals surface area contributed by atoms with Crippen molar-refractivity contribution in [1.29, 1.82) is 0 Å². The van der Waals surface area contributed by atoms with Crippen LogP contribution in [-0.4, -0.2) is 20.7 Å². The molecule has 2 heterocycles. The molecular formula is C16H16N4O2S. The van der Waals surface area contributed by atoms with Gasteiger partial charge in [-0.1, -0.05) is 0 Å². The van der Waals surface area contributed by atoms with Crippen LogP contribution in [0.2, 0.25) is 0 Å². The minimum atomic E-state index is -0.203. The molecule has 7 heteroatoms. The molecule has 0 aliphatic rings. The van der Waals surface area contributed by atoms with Gasteiger partial charge in [0.05, 0.1) is 10.7 Å². The number of hydrogen-bond donors (Lipinski definition) is 1. The number of aryl methyl sites for hydroxylation is 2. The lowest BCUT2D eigenvalue weighted by molar-refractivity contribution is 0.102. The van der Waals surface area contributed by atoms with Crippen LogP contribution in [-0.2, 0) is 13.7 Å². The molecule has 6 nitrogen and oxygen atoms in total. The smallest absolute Gasteiger partial charge is 0.256 e. The van der Waals surface area contributed by atoms with Gasteiger partial charge in [0.25, 0.3) is 5.91 Å². The van der Waals surface area contributed by atoms with E-state index in [-0.39, 0.29) is 5.91 Å². The first-order chi connectivity index (χ1) is 11.1. The normalized spacial score (nSPS) is 10.5. The number of nitrogens with zero attached hydrogens (tertiary/aromatic N) is 3. The van der Waals surface area contributed by atoms with Crippen LogP contribution in [0.5, 0.6) is 5.75 Å². The molecular weight excluding hydrogens is 312 g/mol. The lowest BCUT2D eigenvalue weighted by atomic mass is 10.2. The number of nitrogens with one attached hydrogen (secondary N) is 1. The minimum Gasteiger partial charge on any atom is -0.487 e. The molecule has 0 fully saturated rings. The van der Waals surface area contributed by atoms with Crippen LogP contribution in [0, 0.1) is 6.92 Å². The number of thiazole rings is 1. The zero-order valence-corrected chi connectivity index (χ0v) is 13.6. The summed E-state index contributed by atoms with van der Waals surface area (Å²) in [5.74, 6) is 1.02. The lowest BCUT2D eigenvalue weighted by Crippen LogP contribution is -2.12. The Morgan fingerprint density at radius 3 is 2.70 bits per heavy atom. The van der Waals surface area contributed by atoms with E-state index in [9.17, 15) is 4.79 Å². The number of ether oxygens (including phenoxy) is 1. The molecule has 3 rings (SSSR count). The Labute approximate surface area is 137 Å². The zero-order chi connectivity index (χ0) is 16.2. The molecule has 0 saturated heterocycles. The van der Waals surface area contributed by atoms with Crippen molar-refractivity contribution < 1.29 is 9.53 Å². The second kappa shape index (κ2) is 6.62. The first-order valence-corrected chi connectivity index (χ1v) is 7.93. The van der Waals surface area contributed by atoms with Crippen molar-refractivity contribution in [3.63, 3.8) is 0 Å². The van der Waals surface area contributed by atoms with E-state index >= 15 is 0 Å². The van der Waals surface area contributed by atoms with Gasteiger partial charge in [0.15, 0.2) is 5.82 Å². The number of aromatic nitrogens is 3. The summed E-state index contributed by atoms with van der Waals surface area (Å²) in [6.45, 7) is 2.38. The van der Waals surface area contributed by atoms with Crippen molar-refractivity contribution in [2.75, 3.05) is 5.32 Å². The molecule has 0 aliphatic heterocycles. The van der Waals surface area contributed by atoms with Gasteiger partial charge in [-0.05, 0) is 31.2 Å². The van der Waals surface area contributed by atoms with Crippen molar-refractivity contribution in [1.82, 2.24) is 14.8 Å². The highest BCUT2D eigenvalue weighted by Gasteiger charge is 2.08. The fourth-order valence-electron chi connectivity index (χ4n) is 2.00. The number of hydrogen-bond acceptors (Lipinski definition) is 5. The average Bonchev–Trinajstić information content (AvgIpc) is 3.14. The highest BCUT2D eigenvalue weighted by Crippen LogP contribution is 2.16. The average molecular weight is 328 g/mol. The molecule has 0 spiro atoms. The molecule has 118 valence electrons. The quantitative estimate of drug-likeness (QED) is 0.781. The fourth-order valence-corrected chi connectivity index (χ4v) is 2.60. The molecule has 3 aromatic rings. The molecule has 1 N–H and O–H groups in total. The maximum absolute atomic E-state index is 12.1. The molecule has 0 unspecified atom stereocenters. The maximum atomic E-state index is 12.1. The van der Waals surface area contributed by atoms with E-state index < -0.39 is 0 Å². The third kappa shape index (κ3) is 3.95. The Kier molecular flexibility index (Phi) is 4.38. The SMILES string of the molecule is Cc1nc(COc2ccc(C(=O)Nc3ccn(C)n3)cc2)cs1. The molecule has 0 radical (unpaired) electrons. The summed E-state index contributed by atoms with van der Waals surface area (Å²) in [6, 6.07) is 8.73. The molecule has 0 saturated carbocycles. The summed E-state index contributed by atoms with van der Waals surface area (Å²) < 4.78 is 7.29. The van der Waals surface area contributed by atoms with Gasteiger partial charge in [-0.15, -0.1) is 11.3 Å². The molecule has 1 amide bonds. The van der Waals surface area contributed by atoms with Crippen molar-refractivity contribution >= 4 is 23.1 Å². The second-order valence-corrected chi connectivity index (χ2v) is 6.06. The van der Waals surface area contributed by atoms with Gasteiger partial charge in [0, 0.05) is 30.3 Å². The topological polar surface area (TPSA) is 69.0 Å². The van der Waals surface area contributed by atoms with E-state index in [1.54, 1.807) is 59.6 Å². The molecule has 0 atom stereocenters. The third-order valence-corrected chi connectivity index (χ3v) is 3.95. The van der Waals surface area contributed by atoms with E-state index in [0.29, 0.717) is 23.7 Å². The van der Waals surface area contributed by atoms with Crippen molar-refractivity contribution in [2.45, 2.75) is 13.5 Å². The molecule has 1 aromatic carbocycles. The molecule has 0 bridgehead atoms. The van der Waals surface area contributed by atoms with E-state index in [0.717, 1.165) is 10.7 Å². The predicted octanol–water partition coefficient (Wildman–Crippen LogP) is 3.02. The predicted molar refractivity (Wildman–Crippen MR) is 88.8 cm³/mol. The van der Waals surface area contributed by atoms with E-state index in [2.05, 4.69) is 15.4 Å². The largest absolute Gasteiger partial charge is 0.487 e. The highest BCUT2D eigenvalue weighted by atomic mass is 32.1. The Bertz CT molecular complexity index is 808. The summed E-state index contributed by atoms with van der Waals surface area (Å²) in [5.41, 5.74) is 1.46. The fraction of sp³-hybridized carbons (Fsp3) is 0.188. The number of carbonyl (C=O) groups is 1. The van der Waals surface area contributed by atoms with Crippen LogP contribution in [0.3, 0.4) is 0 Å². The van der Waals surface area contributed by atoms with Gasteiger partial charge in [-0.2, -0.15) is 5.10 Å². The number of rotatable bonds is 5.